The molecular weight excluding hydrogens is 665 g/mol. The van der Waals surface area contributed by atoms with Gasteiger partial charge >= 0.3 is 0 Å². The molecule has 0 aliphatic carbocycles. The average Bonchev–Trinajstić information content (AvgIpc) is 3.91. The van der Waals surface area contributed by atoms with E-state index in [1.54, 1.807) is 0 Å². The molecule has 248 valence electrons. The van der Waals surface area contributed by atoms with Crippen molar-refractivity contribution >= 4 is 64.5 Å². The Labute approximate surface area is 309 Å². The van der Waals surface area contributed by atoms with Crippen LogP contribution in [0, 0.1) is 0 Å². The first-order valence-corrected chi connectivity index (χ1v) is 18.7. The summed E-state index contributed by atoms with van der Waals surface area (Å²) in [7, 11) is 0. The minimum atomic E-state index is 0.930. The zero-order valence-electron chi connectivity index (χ0n) is 28.5. The summed E-state index contributed by atoms with van der Waals surface area (Å²) < 4.78 is 7.12. The Morgan fingerprint density at radius 2 is 0.962 bits per heavy atom. The molecule has 7 aromatic carbocycles. The SMILES string of the molecule is c1ccc(-n2c(-c3ccc(-c4ccc(-c5nc6c7ccccc7sc6c6c7ccccc7n(-c7ccccc7)c56)cc4)cc3)nc3ccccc32)cc1. The minimum absolute atomic E-state index is 0.930. The maximum absolute atomic E-state index is 5.52. The predicted molar refractivity (Wildman–Crippen MR) is 222 cm³/mol. The highest BCUT2D eigenvalue weighted by Gasteiger charge is 2.23. The minimum Gasteiger partial charge on any atom is -0.307 e. The number of hydrogen-bond acceptors (Lipinski definition) is 3. The van der Waals surface area contributed by atoms with E-state index in [-0.39, 0.29) is 0 Å². The molecule has 0 aliphatic heterocycles. The predicted octanol–water partition coefficient (Wildman–Crippen LogP) is 12.9. The third kappa shape index (κ3) is 4.68. The molecule has 0 amide bonds. The number of aromatic nitrogens is 4. The van der Waals surface area contributed by atoms with Crippen LogP contribution in [0.2, 0.25) is 0 Å². The first-order chi connectivity index (χ1) is 26.3. The number of benzene rings is 7. The van der Waals surface area contributed by atoms with E-state index in [9.17, 15) is 0 Å². The van der Waals surface area contributed by atoms with Crippen LogP contribution in [0.4, 0.5) is 0 Å². The molecule has 4 nitrogen and oxygen atoms in total. The number of rotatable bonds is 5. The lowest BCUT2D eigenvalue weighted by atomic mass is 10.00. The summed E-state index contributed by atoms with van der Waals surface area (Å²) in [6, 6.07) is 64.5. The van der Waals surface area contributed by atoms with Gasteiger partial charge in [-0.3, -0.25) is 4.57 Å². The Kier molecular flexibility index (Phi) is 6.69. The van der Waals surface area contributed by atoms with Crippen LogP contribution in [0.15, 0.2) is 182 Å². The lowest BCUT2D eigenvalue weighted by molar-refractivity contribution is 1.10. The summed E-state index contributed by atoms with van der Waals surface area (Å²) in [6.07, 6.45) is 0. The van der Waals surface area contributed by atoms with E-state index in [1.165, 1.54) is 31.1 Å². The fourth-order valence-electron chi connectivity index (χ4n) is 7.91. The van der Waals surface area contributed by atoms with Crippen molar-refractivity contribution in [3.05, 3.63) is 182 Å². The Bertz CT molecular complexity index is 3140. The summed E-state index contributed by atoms with van der Waals surface area (Å²) in [5, 5.41) is 3.70. The third-order valence-corrected chi connectivity index (χ3v) is 11.5. The molecule has 4 heterocycles. The monoisotopic (exact) mass is 694 g/mol. The normalized spacial score (nSPS) is 11.8. The van der Waals surface area contributed by atoms with E-state index in [0.717, 1.165) is 67.2 Å². The van der Waals surface area contributed by atoms with Gasteiger partial charge in [0, 0.05) is 43.4 Å². The van der Waals surface area contributed by atoms with Crippen LogP contribution in [0.1, 0.15) is 0 Å². The van der Waals surface area contributed by atoms with Gasteiger partial charge in [0.25, 0.3) is 0 Å². The molecule has 0 aliphatic rings. The van der Waals surface area contributed by atoms with Crippen molar-refractivity contribution in [1.82, 2.24) is 19.1 Å². The number of nitrogens with zero attached hydrogens (tertiary/aromatic N) is 4. The highest BCUT2D eigenvalue weighted by Crippen LogP contribution is 2.46. The molecule has 5 heteroatoms. The molecule has 0 bridgehead atoms. The van der Waals surface area contributed by atoms with Crippen LogP contribution in [-0.4, -0.2) is 19.1 Å². The second-order valence-electron chi connectivity index (χ2n) is 13.4. The molecule has 11 rings (SSSR count). The summed E-state index contributed by atoms with van der Waals surface area (Å²) in [5.41, 5.74) is 13.1. The van der Waals surface area contributed by atoms with E-state index in [2.05, 4.69) is 179 Å². The Hall–Kier alpha value is -6.82. The number of thiophene rings is 1. The maximum Gasteiger partial charge on any atom is 0.145 e. The molecule has 0 unspecified atom stereocenters. The fourth-order valence-corrected chi connectivity index (χ4v) is 9.11. The summed E-state index contributed by atoms with van der Waals surface area (Å²) >= 11 is 1.84. The molecule has 0 fully saturated rings. The average molecular weight is 695 g/mol. The molecule has 53 heavy (non-hydrogen) atoms. The van der Waals surface area contributed by atoms with Gasteiger partial charge in [0.1, 0.15) is 5.82 Å². The summed E-state index contributed by atoms with van der Waals surface area (Å²) in [5.74, 6) is 0.930. The van der Waals surface area contributed by atoms with Crippen molar-refractivity contribution in [2.24, 2.45) is 0 Å². The summed E-state index contributed by atoms with van der Waals surface area (Å²) in [6.45, 7) is 0. The van der Waals surface area contributed by atoms with Gasteiger partial charge in [-0.15, -0.1) is 11.3 Å². The van der Waals surface area contributed by atoms with Gasteiger partial charge in [-0.2, -0.15) is 0 Å². The van der Waals surface area contributed by atoms with E-state index >= 15 is 0 Å². The van der Waals surface area contributed by atoms with Crippen molar-refractivity contribution in [3.63, 3.8) is 0 Å². The third-order valence-electron chi connectivity index (χ3n) is 10.3. The van der Waals surface area contributed by atoms with Crippen molar-refractivity contribution in [3.8, 4) is 45.1 Å². The first-order valence-electron chi connectivity index (χ1n) is 17.8. The molecule has 0 radical (unpaired) electrons. The van der Waals surface area contributed by atoms with Crippen molar-refractivity contribution < 1.29 is 0 Å². The van der Waals surface area contributed by atoms with Crippen LogP contribution < -0.4 is 0 Å². The number of pyridine rings is 1. The Morgan fingerprint density at radius 1 is 0.415 bits per heavy atom. The zero-order chi connectivity index (χ0) is 34.9. The molecular formula is C48H30N4S. The molecule has 0 saturated heterocycles. The molecule has 0 saturated carbocycles. The number of hydrogen-bond donors (Lipinski definition) is 0. The quantitative estimate of drug-likeness (QED) is 0.180. The highest BCUT2D eigenvalue weighted by molar-refractivity contribution is 7.26. The first kappa shape index (κ1) is 29.9. The van der Waals surface area contributed by atoms with Gasteiger partial charge < -0.3 is 4.57 Å². The molecule has 11 aromatic rings. The van der Waals surface area contributed by atoms with Gasteiger partial charge in [-0.1, -0.05) is 133 Å². The Balaban J connectivity index is 1.06. The topological polar surface area (TPSA) is 35.6 Å². The van der Waals surface area contributed by atoms with Gasteiger partial charge in [0.05, 0.1) is 38.0 Å². The van der Waals surface area contributed by atoms with Gasteiger partial charge in [-0.05, 0) is 59.7 Å². The smallest absolute Gasteiger partial charge is 0.145 e. The van der Waals surface area contributed by atoms with Gasteiger partial charge in [-0.25, -0.2) is 9.97 Å². The van der Waals surface area contributed by atoms with Crippen LogP contribution in [0.25, 0.3) is 98.3 Å². The summed E-state index contributed by atoms with van der Waals surface area (Å²) in [4.78, 5) is 10.6. The zero-order valence-corrected chi connectivity index (χ0v) is 29.3. The second-order valence-corrected chi connectivity index (χ2v) is 14.5. The van der Waals surface area contributed by atoms with Crippen molar-refractivity contribution in [2.75, 3.05) is 0 Å². The highest BCUT2D eigenvalue weighted by atomic mass is 32.1. The van der Waals surface area contributed by atoms with E-state index in [1.807, 2.05) is 23.5 Å². The second kappa shape index (κ2) is 11.9. The van der Waals surface area contributed by atoms with Gasteiger partial charge in [0.15, 0.2) is 0 Å². The largest absolute Gasteiger partial charge is 0.307 e. The standard InChI is InChI=1S/C48H30N4S/c1-3-13-35(14-4-1)51-40-20-10-7-17-37(40)43-46(51)44(50-45-38-18-8-12-22-42(38)53-47(43)45)33-27-23-31(24-28-33)32-25-29-34(30-26-32)48-49-39-19-9-11-21-41(39)52(48)36-15-5-2-6-16-36/h1-30H. The van der Waals surface area contributed by atoms with Gasteiger partial charge in [0.2, 0.25) is 0 Å². The molecule has 0 N–H and O–H groups in total. The number of imidazole rings is 1. The van der Waals surface area contributed by atoms with E-state index in [0.29, 0.717) is 0 Å². The van der Waals surface area contributed by atoms with Crippen LogP contribution >= 0.6 is 11.3 Å². The lowest BCUT2D eigenvalue weighted by Crippen LogP contribution is -1.97. The van der Waals surface area contributed by atoms with E-state index in [4.69, 9.17) is 9.97 Å². The maximum atomic E-state index is 5.52. The molecule has 4 aromatic heterocycles. The van der Waals surface area contributed by atoms with Crippen LogP contribution in [-0.2, 0) is 0 Å². The Morgan fingerprint density at radius 3 is 1.68 bits per heavy atom. The van der Waals surface area contributed by atoms with Crippen LogP contribution in [0.5, 0.6) is 0 Å². The molecule has 0 atom stereocenters. The van der Waals surface area contributed by atoms with Crippen molar-refractivity contribution in [2.45, 2.75) is 0 Å². The van der Waals surface area contributed by atoms with E-state index < -0.39 is 0 Å². The van der Waals surface area contributed by atoms with Crippen LogP contribution in [0.3, 0.4) is 0 Å². The van der Waals surface area contributed by atoms with Crippen molar-refractivity contribution in [1.29, 1.82) is 0 Å². The fraction of sp³-hybridized carbons (Fsp3) is 0. The number of fused-ring (bicyclic) bond motifs is 8. The number of para-hydroxylation sites is 5. The lowest BCUT2D eigenvalue weighted by Gasteiger charge is -2.12. The molecule has 0 spiro atoms.